The van der Waals surface area contributed by atoms with Crippen LogP contribution in [0.15, 0.2) is 42.5 Å². The van der Waals surface area contributed by atoms with Gasteiger partial charge in [0.05, 0.1) is 21.3 Å². The summed E-state index contributed by atoms with van der Waals surface area (Å²) < 4.78 is 15.6. The van der Waals surface area contributed by atoms with Crippen LogP contribution in [-0.2, 0) is 6.54 Å². The molecule has 2 N–H and O–H groups in total. The van der Waals surface area contributed by atoms with Crippen LogP contribution >= 0.6 is 11.3 Å². The highest BCUT2D eigenvalue weighted by molar-refractivity contribution is 7.15. The molecule has 0 atom stereocenters. The van der Waals surface area contributed by atoms with Gasteiger partial charge in [-0.15, -0.1) is 10.2 Å². The third kappa shape index (κ3) is 5.03. The van der Waals surface area contributed by atoms with Crippen LogP contribution in [0.4, 0.5) is 5.69 Å². The fraction of sp³-hybridized carbons (Fsp3) is 0.200. The van der Waals surface area contributed by atoms with Crippen LogP contribution in [-0.4, -0.2) is 43.3 Å². The van der Waals surface area contributed by atoms with Crippen molar-refractivity contribution in [1.29, 1.82) is 0 Å². The summed E-state index contributed by atoms with van der Waals surface area (Å²) in [5, 5.41) is 13.2. The maximum atomic E-state index is 12.4. The summed E-state index contributed by atoms with van der Waals surface area (Å²) in [5.41, 5.74) is 1.32. The van der Waals surface area contributed by atoms with Crippen molar-refractivity contribution in [3.05, 3.63) is 58.0 Å². The van der Waals surface area contributed by atoms with E-state index in [1.54, 1.807) is 63.8 Å². The molecule has 0 aliphatic heterocycles. The van der Waals surface area contributed by atoms with Gasteiger partial charge in [0.15, 0.2) is 0 Å². The van der Waals surface area contributed by atoms with Crippen LogP contribution in [0, 0.1) is 0 Å². The molecule has 0 unspecified atom stereocenters. The van der Waals surface area contributed by atoms with Crippen molar-refractivity contribution in [3.63, 3.8) is 0 Å². The van der Waals surface area contributed by atoms with E-state index in [2.05, 4.69) is 20.8 Å². The second-order valence-corrected chi connectivity index (χ2v) is 6.93. The van der Waals surface area contributed by atoms with Gasteiger partial charge in [0.1, 0.15) is 17.2 Å². The minimum absolute atomic E-state index is 0.0786. The SMILES string of the molecule is COc1ccc(NC(=O)c2nnc(C(=O)NCc3cc(OC)ccc3OC)s2)cc1. The van der Waals surface area contributed by atoms with Crippen LogP contribution in [0.3, 0.4) is 0 Å². The predicted molar refractivity (Wildman–Crippen MR) is 112 cm³/mol. The number of nitrogens with one attached hydrogen (secondary N) is 2. The molecule has 2 aromatic carbocycles. The molecule has 10 heteroatoms. The number of amides is 2. The summed E-state index contributed by atoms with van der Waals surface area (Å²) in [6.07, 6.45) is 0. The molecular formula is C20H20N4O5S. The smallest absolute Gasteiger partial charge is 0.286 e. The molecule has 3 rings (SSSR count). The van der Waals surface area contributed by atoms with Crippen LogP contribution in [0.2, 0.25) is 0 Å². The summed E-state index contributed by atoms with van der Waals surface area (Å²) in [6, 6.07) is 12.1. The first kappa shape index (κ1) is 21.1. The maximum absolute atomic E-state index is 12.4. The maximum Gasteiger partial charge on any atom is 0.286 e. The zero-order chi connectivity index (χ0) is 21.5. The molecule has 0 spiro atoms. The Labute approximate surface area is 177 Å². The zero-order valence-electron chi connectivity index (χ0n) is 16.6. The molecule has 1 aromatic heterocycles. The van der Waals surface area contributed by atoms with Crippen molar-refractivity contribution in [2.45, 2.75) is 6.54 Å². The number of carbonyl (C=O) groups is 2. The van der Waals surface area contributed by atoms with E-state index in [9.17, 15) is 9.59 Å². The largest absolute Gasteiger partial charge is 0.497 e. The molecule has 0 aliphatic carbocycles. The normalized spacial score (nSPS) is 10.2. The fourth-order valence-corrected chi connectivity index (χ4v) is 3.19. The van der Waals surface area contributed by atoms with E-state index in [1.807, 2.05) is 0 Å². The lowest BCUT2D eigenvalue weighted by molar-refractivity contribution is 0.0948. The molecule has 0 bridgehead atoms. The topological polar surface area (TPSA) is 112 Å². The number of benzene rings is 2. The fourth-order valence-electron chi connectivity index (χ4n) is 2.54. The van der Waals surface area contributed by atoms with Gasteiger partial charge in [-0.25, -0.2) is 0 Å². The molecule has 3 aromatic rings. The molecular weight excluding hydrogens is 408 g/mol. The zero-order valence-corrected chi connectivity index (χ0v) is 17.4. The Kier molecular flexibility index (Phi) is 6.81. The third-order valence-electron chi connectivity index (χ3n) is 4.09. The van der Waals surface area contributed by atoms with E-state index in [4.69, 9.17) is 14.2 Å². The van der Waals surface area contributed by atoms with Gasteiger partial charge in [-0.1, -0.05) is 11.3 Å². The van der Waals surface area contributed by atoms with E-state index >= 15 is 0 Å². The second kappa shape index (κ2) is 9.70. The number of anilines is 1. The van der Waals surface area contributed by atoms with Crippen molar-refractivity contribution in [1.82, 2.24) is 15.5 Å². The van der Waals surface area contributed by atoms with Crippen molar-refractivity contribution in [2.24, 2.45) is 0 Å². The van der Waals surface area contributed by atoms with Gasteiger partial charge in [0.2, 0.25) is 10.0 Å². The van der Waals surface area contributed by atoms with E-state index in [1.165, 1.54) is 0 Å². The van der Waals surface area contributed by atoms with Crippen LogP contribution in [0.5, 0.6) is 17.2 Å². The highest BCUT2D eigenvalue weighted by atomic mass is 32.1. The Balaban J connectivity index is 1.62. The Bertz CT molecular complexity index is 1040. The monoisotopic (exact) mass is 428 g/mol. The number of methoxy groups -OCH3 is 3. The lowest BCUT2D eigenvalue weighted by Crippen LogP contribution is -2.23. The van der Waals surface area contributed by atoms with Crippen molar-refractivity contribution in [3.8, 4) is 17.2 Å². The standard InChI is InChI=1S/C20H20N4O5S/c1-27-14-6-4-13(5-7-14)22-18(26)20-24-23-19(30-20)17(25)21-11-12-10-15(28-2)8-9-16(12)29-3/h4-10H,11H2,1-3H3,(H,21,25)(H,22,26). The second-order valence-electron chi connectivity index (χ2n) is 5.96. The van der Waals surface area contributed by atoms with Gasteiger partial charge >= 0.3 is 0 Å². The first-order valence-corrected chi connectivity index (χ1v) is 9.63. The molecule has 0 radical (unpaired) electrons. The summed E-state index contributed by atoms with van der Waals surface area (Å²) >= 11 is 0.902. The van der Waals surface area contributed by atoms with Crippen molar-refractivity contribution < 1.29 is 23.8 Å². The molecule has 2 amide bonds. The predicted octanol–water partition coefficient (Wildman–Crippen LogP) is 2.75. The van der Waals surface area contributed by atoms with E-state index in [0.717, 1.165) is 16.9 Å². The first-order valence-electron chi connectivity index (χ1n) is 8.82. The minimum Gasteiger partial charge on any atom is -0.497 e. The van der Waals surface area contributed by atoms with Crippen LogP contribution in [0.25, 0.3) is 0 Å². The molecule has 0 saturated heterocycles. The summed E-state index contributed by atoms with van der Waals surface area (Å²) in [6.45, 7) is 0.201. The quantitative estimate of drug-likeness (QED) is 0.567. The minimum atomic E-state index is -0.453. The number of ether oxygens (including phenoxy) is 3. The first-order chi connectivity index (χ1) is 14.5. The molecule has 0 fully saturated rings. The van der Waals surface area contributed by atoms with E-state index < -0.39 is 11.8 Å². The van der Waals surface area contributed by atoms with Crippen LogP contribution < -0.4 is 24.8 Å². The van der Waals surface area contributed by atoms with E-state index in [0.29, 0.717) is 22.9 Å². The van der Waals surface area contributed by atoms with Gasteiger partial charge in [-0.2, -0.15) is 0 Å². The lowest BCUT2D eigenvalue weighted by Gasteiger charge is -2.10. The van der Waals surface area contributed by atoms with Gasteiger partial charge in [-0.05, 0) is 42.5 Å². The van der Waals surface area contributed by atoms with Gasteiger partial charge in [-0.3, -0.25) is 9.59 Å². The molecule has 30 heavy (non-hydrogen) atoms. The average molecular weight is 428 g/mol. The Morgan fingerprint density at radius 2 is 1.50 bits per heavy atom. The molecule has 1 heterocycles. The third-order valence-corrected chi connectivity index (χ3v) is 5.01. The Hall–Kier alpha value is -3.66. The highest BCUT2D eigenvalue weighted by Gasteiger charge is 2.18. The average Bonchev–Trinajstić information content (AvgIpc) is 3.28. The summed E-state index contributed by atoms with van der Waals surface area (Å²) in [7, 11) is 4.67. The number of hydrogen-bond donors (Lipinski definition) is 2. The number of rotatable bonds is 8. The van der Waals surface area contributed by atoms with Gasteiger partial charge < -0.3 is 24.8 Å². The highest BCUT2D eigenvalue weighted by Crippen LogP contribution is 2.24. The lowest BCUT2D eigenvalue weighted by atomic mass is 10.2. The Morgan fingerprint density at radius 1 is 0.867 bits per heavy atom. The molecule has 9 nitrogen and oxygen atoms in total. The number of nitrogens with zero attached hydrogens (tertiary/aromatic N) is 2. The Morgan fingerprint density at radius 3 is 2.13 bits per heavy atom. The molecule has 0 saturated carbocycles. The summed E-state index contributed by atoms with van der Waals surface area (Å²) in [4.78, 5) is 24.8. The van der Waals surface area contributed by atoms with Gasteiger partial charge in [0.25, 0.3) is 11.8 Å². The number of hydrogen-bond acceptors (Lipinski definition) is 8. The number of carbonyl (C=O) groups excluding carboxylic acids is 2. The molecule has 156 valence electrons. The van der Waals surface area contributed by atoms with Crippen LogP contribution in [0.1, 0.15) is 25.2 Å². The summed E-state index contributed by atoms with van der Waals surface area (Å²) in [5.74, 6) is 1.05. The van der Waals surface area contributed by atoms with Crippen molar-refractivity contribution in [2.75, 3.05) is 26.6 Å². The number of aromatic nitrogens is 2. The van der Waals surface area contributed by atoms with Gasteiger partial charge in [0, 0.05) is 17.8 Å². The molecule has 0 aliphatic rings. The van der Waals surface area contributed by atoms with Crippen molar-refractivity contribution >= 4 is 28.8 Å². The van der Waals surface area contributed by atoms with E-state index in [-0.39, 0.29) is 16.6 Å².